The van der Waals surface area contributed by atoms with Crippen molar-refractivity contribution in [1.82, 2.24) is 14.6 Å². The average Bonchev–Trinajstić information content (AvgIpc) is 3.20. The van der Waals surface area contributed by atoms with Crippen LogP contribution < -0.4 is 5.32 Å². The van der Waals surface area contributed by atoms with Crippen LogP contribution in [0.1, 0.15) is 51.1 Å². The van der Waals surface area contributed by atoms with Crippen LogP contribution in [0.25, 0.3) is 5.65 Å². The molecule has 9 heteroatoms. The molecule has 0 saturated heterocycles. The maximum atomic E-state index is 12.9. The first-order valence-corrected chi connectivity index (χ1v) is 10.3. The second-order valence-corrected chi connectivity index (χ2v) is 8.04. The summed E-state index contributed by atoms with van der Waals surface area (Å²) in [6, 6.07) is 1.74. The van der Waals surface area contributed by atoms with E-state index in [-0.39, 0.29) is 11.7 Å². The van der Waals surface area contributed by atoms with E-state index in [1.807, 2.05) is 0 Å². The number of hydrogen-bond donors (Lipinski definition) is 1. The summed E-state index contributed by atoms with van der Waals surface area (Å²) in [5, 5.41) is 7.68. The van der Waals surface area contributed by atoms with Crippen molar-refractivity contribution in [2.24, 2.45) is 0 Å². The number of ether oxygens (including phenoxy) is 1. The van der Waals surface area contributed by atoms with Gasteiger partial charge in [-0.05, 0) is 60.2 Å². The maximum absolute atomic E-state index is 12.9. The lowest BCUT2D eigenvalue weighted by Crippen LogP contribution is -2.16. The predicted molar refractivity (Wildman–Crippen MR) is 106 cm³/mol. The second kappa shape index (κ2) is 7.40. The summed E-state index contributed by atoms with van der Waals surface area (Å²) in [6.07, 6.45) is 7.23. The molecule has 1 amide bonds. The topological polar surface area (TPSA) is 85.6 Å². The first-order chi connectivity index (χ1) is 13.1. The van der Waals surface area contributed by atoms with Crippen molar-refractivity contribution < 1.29 is 14.3 Å². The smallest absolute Gasteiger partial charge is 0.341 e. The number of esters is 1. The van der Waals surface area contributed by atoms with Gasteiger partial charge in [-0.1, -0.05) is 0 Å². The highest BCUT2D eigenvalue weighted by Crippen LogP contribution is 2.39. The number of nitrogens with one attached hydrogen (secondary N) is 1. The Morgan fingerprint density at radius 2 is 2.19 bits per heavy atom. The van der Waals surface area contributed by atoms with Gasteiger partial charge < -0.3 is 10.1 Å². The fourth-order valence-corrected chi connectivity index (χ4v) is 5.06. The van der Waals surface area contributed by atoms with Gasteiger partial charge in [0.05, 0.1) is 16.6 Å². The summed E-state index contributed by atoms with van der Waals surface area (Å²) in [5.41, 5.74) is 2.27. The summed E-state index contributed by atoms with van der Waals surface area (Å²) >= 11 is 4.85. The largest absolute Gasteiger partial charge is 0.462 e. The van der Waals surface area contributed by atoms with Gasteiger partial charge in [-0.25, -0.2) is 14.3 Å². The van der Waals surface area contributed by atoms with E-state index in [0.29, 0.717) is 27.3 Å². The third-order valence-electron chi connectivity index (χ3n) is 4.43. The number of amides is 1. The maximum Gasteiger partial charge on any atom is 0.341 e. The molecule has 7 nitrogen and oxygen atoms in total. The van der Waals surface area contributed by atoms with Gasteiger partial charge in [-0.15, -0.1) is 11.3 Å². The average molecular weight is 449 g/mol. The van der Waals surface area contributed by atoms with Crippen LogP contribution in [-0.4, -0.2) is 33.1 Å². The molecule has 1 aliphatic carbocycles. The summed E-state index contributed by atoms with van der Waals surface area (Å²) in [4.78, 5) is 30.7. The Hall–Kier alpha value is -2.26. The van der Waals surface area contributed by atoms with Crippen molar-refractivity contribution >= 4 is 49.8 Å². The number of aryl methyl sites for hydroxylation is 1. The zero-order chi connectivity index (χ0) is 19.0. The molecule has 3 aromatic rings. The first kappa shape index (κ1) is 18.1. The molecule has 140 valence electrons. The van der Waals surface area contributed by atoms with Crippen LogP contribution in [0.2, 0.25) is 0 Å². The highest BCUT2D eigenvalue weighted by atomic mass is 79.9. The lowest BCUT2D eigenvalue weighted by Gasteiger charge is -2.12. The lowest BCUT2D eigenvalue weighted by atomic mass is 9.95. The molecule has 0 radical (unpaired) electrons. The summed E-state index contributed by atoms with van der Waals surface area (Å²) in [7, 11) is 0. The molecule has 1 N–H and O–H groups in total. The van der Waals surface area contributed by atoms with E-state index in [9.17, 15) is 9.59 Å². The van der Waals surface area contributed by atoms with Crippen LogP contribution in [0.4, 0.5) is 5.00 Å². The van der Waals surface area contributed by atoms with E-state index in [1.54, 1.807) is 25.4 Å². The Morgan fingerprint density at radius 1 is 1.37 bits per heavy atom. The minimum absolute atomic E-state index is 0.217. The molecular formula is C18H17BrN4O3S. The highest BCUT2D eigenvalue weighted by Gasteiger charge is 2.28. The second-order valence-electron chi connectivity index (χ2n) is 6.14. The lowest BCUT2D eigenvalue weighted by molar-refractivity contribution is 0.0526. The van der Waals surface area contributed by atoms with Gasteiger partial charge >= 0.3 is 5.97 Å². The van der Waals surface area contributed by atoms with Crippen LogP contribution in [0.5, 0.6) is 0 Å². The highest BCUT2D eigenvalue weighted by molar-refractivity contribution is 9.10. The molecule has 0 aliphatic heterocycles. The number of anilines is 1. The number of carbonyl (C=O) groups excluding carboxylic acids is 2. The number of carbonyl (C=O) groups is 2. The quantitative estimate of drug-likeness (QED) is 0.612. The normalized spacial score (nSPS) is 13.4. The first-order valence-electron chi connectivity index (χ1n) is 8.72. The molecule has 4 rings (SSSR count). The van der Waals surface area contributed by atoms with Crippen molar-refractivity contribution in [3.8, 4) is 0 Å². The van der Waals surface area contributed by atoms with E-state index < -0.39 is 5.91 Å². The summed E-state index contributed by atoms with van der Waals surface area (Å²) < 4.78 is 7.28. The molecule has 0 atom stereocenters. The monoisotopic (exact) mass is 448 g/mol. The van der Waals surface area contributed by atoms with Crippen molar-refractivity contribution in [3.63, 3.8) is 0 Å². The molecule has 3 aromatic heterocycles. The Labute approximate surface area is 167 Å². The Morgan fingerprint density at radius 3 is 2.96 bits per heavy atom. The number of nitrogens with zero attached hydrogens (tertiary/aromatic N) is 3. The van der Waals surface area contributed by atoms with Crippen LogP contribution >= 0.6 is 27.3 Å². The van der Waals surface area contributed by atoms with E-state index in [4.69, 9.17) is 4.74 Å². The molecule has 0 unspecified atom stereocenters. The van der Waals surface area contributed by atoms with Crippen molar-refractivity contribution in [2.75, 3.05) is 11.9 Å². The van der Waals surface area contributed by atoms with Gasteiger partial charge in [0.25, 0.3) is 5.91 Å². The van der Waals surface area contributed by atoms with Crippen LogP contribution in [0, 0.1) is 0 Å². The van der Waals surface area contributed by atoms with E-state index in [2.05, 4.69) is 31.3 Å². The van der Waals surface area contributed by atoms with Crippen LogP contribution in [0.15, 0.2) is 22.9 Å². The number of thiophene rings is 1. The zero-order valence-corrected chi connectivity index (χ0v) is 17.0. The summed E-state index contributed by atoms with van der Waals surface area (Å²) in [6.45, 7) is 2.07. The Balaban J connectivity index is 1.71. The van der Waals surface area contributed by atoms with E-state index >= 15 is 0 Å². The van der Waals surface area contributed by atoms with Gasteiger partial charge in [0.1, 0.15) is 5.00 Å². The SMILES string of the molecule is CCOC(=O)c1c(NC(=O)c2nn3cccnc3c2Br)sc2c1CCCC2. The Bertz CT molecular complexity index is 1040. The molecule has 0 aromatic carbocycles. The van der Waals surface area contributed by atoms with Crippen LogP contribution in [-0.2, 0) is 17.6 Å². The molecule has 1 aliphatic rings. The van der Waals surface area contributed by atoms with E-state index in [1.165, 1.54) is 15.9 Å². The number of hydrogen-bond acceptors (Lipinski definition) is 6. The predicted octanol–water partition coefficient (Wildman–Crippen LogP) is 3.86. The minimum atomic E-state index is -0.392. The van der Waals surface area contributed by atoms with Gasteiger partial charge in [-0.2, -0.15) is 5.10 Å². The fraction of sp³-hybridized carbons (Fsp3) is 0.333. The molecule has 0 bridgehead atoms. The Kier molecular flexibility index (Phi) is 4.96. The summed E-state index contributed by atoms with van der Waals surface area (Å²) in [5.74, 6) is -0.778. The molecule has 0 saturated carbocycles. The molecule has 0 spiro atoms. The van der Waals surface area contributed by atoms with Crippen LogP contribution in [0.3, 0.4) is 0 Å². The zero-order valence-electron chi connectivity index (χ0n) is 14.6. The molecular weight excluding hydrogens is 432 g/mol. The molecule has 27 heavy (non-hydrogen) atoms. The van der Waals surface area contributed by atoms with Gasteiger partial charge in [0, 0.05) is 17.3 Å². The number of fused-ring (bicyclic) bond motifs is 2. The van der Waals surface area contributed by atoms with Gasteiger partial charge in [-0.3, -0.25) is 4.79 Å². The van der Waals surface area contributed by atoms with E-state index in [0.717, 1.165) is 36.1 Å². The number of aromatic nitrogens is 3. The fourth-order valence-electron chi connectivity index (χ4n) is 3.24. The van der Waals surface area contributed by atoms with Crippen molar-refractivity contribution in [1.29, 1.82) is 0 Å². The number of halogens is 1. The van der Waals surface area contributed by atoms with Gasteiger partial charge in [0.15, 0.2) is 11.3 Å². The third-order valence-corrected chi connectivity index (χ3v) is 6.37. The standard InChI is InChI=1S/C18H17BrN4O3S/c1-2-26-18(25)12-10-6-3-4-7-11(10)27-17(12)21-16(24)14-13(19)15-20-8-5-9-23(15)22-14/h5,8-9H,2-4,6-7H2,1H3,(H,21,24). The van der Waals surface area contributed by atoms with Crippen molar-refractivity contribution in [2.45, 2.75) is 32.6 Å². The number of rotatable bonds is 4. The van der Waals surface area contributed by atoms with Gasteiger partial charge in [0.2, 0.25) is 0 Å². The molecule has 3 heterocycles. The van der Waals surface area contributed by atoms with Crippen molar-refractivity contribution in [3.05, 3.63) is 44.6 Å². The minimum Gasteiger partial charge on any atom is -0.462 e. The molecule has 0 fully saturated rings. The third kappa shape index (κ3) is 3.25.